The van der Waals surface area contributed by atoms with Crippen LogP contribution in [0.1, 0.15) is 30.5 Å². The van der Waals surface area contributed by atoms with Crippen LogP contribution >= 0.6 is 11.6 Å². The number of rotatable bonds is 4. The van der Waals surface area contributed by atoms with Gasteiger partial charge in [0.25, 0.3) is 0 Å². The highest BCUT2D eigenvalue weighted by Gasteiger charge is 2.34. The van der Waals surface area contributed by atoms with Crippen LogP contribution in [0.5, 0.6) is 0 Å². The summed E-state index contributed by atoms with van der Waals surface area (Å²) in [5, 5.41) is 0.475. The van der Waals surface area contributed by atoms with Gasteiger partial charge in [-0.05, 0) is 41.8 Å². The van der Waals surface area contributed by atoms with E-state index in [0.717, 1.165) is 12.0 Å². The molecule has 0 N–H and O–H groups in total. The van der Waals surface area contributed by atoms with Gasteiger partial charge in [0.2, 0.25) is 21.8 Å². The normalized spacial score (nSPS) is 19.5. The van der Waals surface area contributed by atoms with Crippen molar-refractivity contribution in [1.82, 2.24) is 14.1 Å². The van der Waals surface area contributed by atoms with Crippen molar-refractivity contribution in [3.8, 4) is 0 Å². The number of piperazine rings is 1. The molecule has 9 heteroatoms. The Morgan fingerprint density at radius 1 is 0.969 bits per heavy atom. The number of carbonyl (C=O) groups is 2. The van der Waals surface area contributed by atoms with Crippen LogP contribution in [0.3, 0.4) is 0 Å². The van der Waals surface area contributed by atoms with E-state index in [9.17, 15) is 18.0 Å². The third-order valence-electron chi connectivity index (χ3n) is 6.23. The fourth-order valence-corrected chi connectivity index (χ4v) is 6.02. The Bertz CT molecular complexity index is 1110. The summed E-state index contributed by atoms with van der Waals surface area (Å²) in [5.41, 5.74) is 2.19. The zero-order valence-corrected chi connectivity index (χ0v) is 19.5. The number of sulfonamides is 1. The molecule has 2 aliphatic rings. The SMILES string of the molecule is CC(=O)N1CCc2ccccc2C1CC(=O)N1CCN(S(=O)(=O)c2ccc(Cl)cc2)CC1. The van der Waals surface area contributed by atoms with E-state index in [4.69, 9.17) is 11.6 Å². The largest absolute Gasteiger partial charge is 0.340 e. The molecule has 1 atom stereocenters. The lowest BCUT2D eigenvalue weighted by Crippen LogP contribution is -2.51. The van der Waals surface area contributed by atoms with Gasteiger partial charge in [0, 0.05) is 44.7 Å². The molecule has 1 saturated heterocycles. The predicted octanol–water partition coefficient (Wildman–Crippen LogP) is 2.71. The second-order valence-corrected chi connectivity index (χ2v) is 10.5. The molecule has 2 aliphatic heterocycles. The molecule has 170 valence electrons. The number of nitrogens with zero attached hydrogens (tertiary/aromatic N) is 3. The average molecular weight is 476 g/mol. The number of carbonyl (C=O) groups excluding carboxylic acids is 2. The van der Waals surface area contributed by atoms with Crippen LogP contribution in [-0.2, 0) is 26.0 Å². The Kier molecular flexibility index (Phi) is 6.55. The van der Waals surface area contributed by atoms with Gasteiger partial charge >= 0.3 is 0 Å². The van der Waals surface area contributed by atoms with Crippen molar-refractivity contribution in [2.45, 2.75) is 30.7 Å². The predicted molar refractivity (Wildman–Crippen MR) is 122 cm³/mol. The van der Waals surface area contributed by atoms with Crippen LogP contribution in [0.15, 0.2) is 53.4 Å². The molecule has 7 nitrogen and oxygen atoms in total. The molecular formula is C23H26ClN3O4S. The first kappa shape index (κ1) is 22.8. The van der Waals surface area contributed by atoms with E-state index >= 15 is 0 Å². The summed E-state index contributed by atoms with van der Waals surface area (Å²) in [7, 11) is -3.63. The van der Waals surface area contributed by atoms with E-state index in [1.54, 1.807) is 21.9 Å². The van der Waals surface area contributed by atoms with E-state index in [1.807, 2.05) is 24.3 Å². The second kappa shape index (κ2) is 9.21. The Morgan fingerprint density at radius 2 is 1.62 bits per heavy atom. The molecule has 0 spiro atoms. The van der Waals surface area contributed by atoms with E-state index in [2.05, 4.69) is 0 Å². The highest BCUT2D eigenvalue weighted by Crippen LogP contribution is 2.33. The maximum absolute atomic E-state index is 13.1. The van der Waals surface area contributed by atoms with Gasteiger partial charge in [-0.1, -0.05) is 35.9 Å². The molecule has 2 aromatic carbocycles. The van der Waals surface area contributed by atoms with Crippen LogP contribution in [-0.4, -0.2) is 67.1 Å². The van der Waals surface area contributed by atoms with Gasteiger partial charge in [0.1, 0.15) is 0 Å². The zero-order valence-electron chi connectivity index (χ0n) is 17.9. The quantitative estimate of drug-likeness (QED) is 0.681. The van der Waals surface area contributed by atoms with Gasteiger partial charge < -0.3 is 9.80 Å². The monoisotopic (exact) mass is 475 g/mol. The number of benzene rings is 2. The first-order chi connectivity index (χ1) is 15.3. The molecule has 2 amide bonds. The van der Waals surface area contributed by atoms with Gasteiger partial charge in [-0.3, -0.25) is 9.59 Å². The maximum Gasteiger partial charge on any atom is 0.243 e. The van der Waals surface area contributed by atoms with Crippen molar-refractivity contribution >= 4 is 33.4 Å². The van der Waals surface area contributed by atoms with E-state index < -0.39 is 10.0 Å². The lowest BCUT2D eigenvalue weighted by atomic mass is 9.90. The Balaban J connectivity index is 1.43. The molecule has 0 saturated carbocycles. The molecule has 0 radical (unpaired) electrons. The summed E-state index contributed by atoms with van der Waals surface area (Å²) in [6, 6.07) is 13.7. The molecule has 1 fully saturated rings. The first-order valence-corrected chi connectivity index (χ1v) is 12.5. The minimum absolute atomic E-state index is 0.0452. The van der Waals surface area contributed by atoms with Gasteiger partial charge in [-0.15, -0.1) is 0 Å². The lowest BCUT2D eigenvalue weighted by molar-refractivity contribution is -0.137. The summed E-state index contributed by atoms with van der Waals surface area (Å²) < 4.78 is 27.2. The van der Waals surface area contributed by atoms with Crippen LogP contribution in [0, 0.1) is 0 Å². The molecule has 1 unspecified atom stereocenters. The maximum atomic E-state index is 13.1. The molecule has 0 bridgehead atoms. The molecule has 4 rings (SSSR count). The van der Waals surface area contributed by atoms with Crippen LogP contribution in [0.4, 0.5) is 0 Å². The Hall–Kier alpha value is -2.42. The minimum atomic E-state index is -3.63. The van der Waals surface area contributed by atoms with Crippen molar-refractivity contribution < 1.29 is 18.0 Å². The minimum Gasteiger partial charge on any atom is -0.340 e. The van der Waals surface area contributed by atoms with Gasteiger partial charge in [0.15, 0.2) is 0 Å². The number of hydrogen-bond donors (Lipinski definition) is 0. The first-order valence-electron chi connectivity index (χ1n) is 10.7. The zero-order chi connectivity index (χ0) is 22.9. The molecule has 0 aliphatic carbocycles. The smallest absolute Gasteiger partial charge is 0.243 e. The Labute approximate surface area is 193 Å². The van der Waals surface area contributed by atoms with E-state index in [-0.39, 0.29) is 42.3 Å². The van der Waals surface area contributed by atoms with Crippen molar-refractivity contribution in [3.63, 3.8) is 0 Å². The fourth-order valence-electron chi connectivity index (χ4n) is 4.48. The fraction of sp³-hybridized carbons (Fsp3) is 0.391. The molecule has 2 heterocycles. The van der Waals surface area contributed by atoms with E-state index in [0.29, 0.717) is 24.7 Å². The van der Waals surface area contributed by atoms with Crippen LogP contribution in [0.2, 0.25) is 5.02 Å². The van der Waals surface area contributed by atoms with Crippen molar-refractivity contribution in [3.05, 3.63) is 64.7 Å². The topological polar surface area (TPSA) is 78.0 Å². The van der Waals surface area contributed by atoms with Crippen LogP contribution < -0.4 is 0 Å². The second-order valence-electron chi connectivity index (χ2n) is 8.12. The van der Waals surface area contributed by atoms with Gasteiger partial charge in [-0.25, -0.2) is 8.42 Å². The van der Waals surface area contributed by atoms with Gasteiger partial charge in [0.05, 0.1) is 17.4 Å². The average Bonchev–Trinajstić information content (AvgIpc) is 2.79. The van der Waals surface area contributed by atoms with Crippen LogP contribution in [0.25, 0.3) is 0 Å². The summed E-state index contributed by atoms with van der Waals surface area (Å²) in [4.78, 5) is 29.0. The van der Waals surface area contributed by atoms with Crippen molar-refractivity contribution in [2.24, 2.45) is 0 Å². The summed E-state index contributed by atoms with van der Waals surface area (Å²) >= 11 is 5.87. The summed E-state index contributed by atoms with van der Waals surface area (Å²) in [6.07, 6.45) is 0.974. The Morgan fingerprint density at radius 3 is 2.28 bits per heavy atom. The van der Waals surface area contributed by atoms with Gasteiger partial charge in [-0.2, -0.15) is 4.31 Å². The highest BCUT2D eigenvalue weighted by molar-refractivity contribution is 7.89. The lowest BCUT2D eigenvalue weighted by Gasteiger charge is -2.39. The number of halogens is 1. The third-order valence-corrected chi connectivity index (χ3v) is 8.39. The summed E-state index contributed by atoms with van der Waals surface area (Å²) in [6.45, 7) is 3.23. The molecular weight excluding hydrogens is 450 g/mol. The van der Waals surface area contributed by atoms with Crippen molar-refractivity contribution in [2.75, 3.05) is 32.7 Å². The number of fused-ring (bicyclic) bond motifs is 1. The number of hydrogen-bond acceptors (Lipinski definition) is 4. The molecule has 32 heavy (non-hydrogen) atoms. The molecule has 2 aromatic rings. The third kappa shape index (κ3) is 4.53. The highest BCUT2D eigenvalue weighted by atomic mass is 35.5. The standard InChI is InChI=1S/C23H26ClN3O4S/c1-17(28)27-11-10-18-4-2-3-5-21(18)22(27)16-23(29)25-12-14-26(15-13-25)32(30,31)20-8-6-19(24)7-9-20/h2-9,22H,10-16H2,1H3. The number of amides is 2. The molecule has 0 aromatic heterocycles. The summed E-state index contributed by atoms with van der Waals surface area (Å²) in [5.74, 6) is -0.113. The van der Waals surface area contributed by atoms with Crippen molar-refractivity contribution in [1.29, 1.82) is 0 Å². The van der Waals surface area contributed by atoms with E-state index in [1.165, 1.54) is 28.9 Å².